The highest BCUT2D eigenvalue weighted by Crippen LogP contribution is 2.15. The Morgan fingerprint density at radius 1 is 1.16 bits per heavy atom. The molecule has 3 rings (SSSR count). The molecule has 128 valence electrons. The number of benzene rings is 1. The van der Waals surface area contributed by atoms with Gasteiger partial charge < -0.3 is 4.74 Å². The second kappa shape index (κ2) is 8.19. The maximum Gasteiger partial charge on any atom is 0.427 e. The molecule has 2 aromatic rings. The molecule has 0 radical (unpaired) electrons. The van der Waals surface area contributed by atoms with E-state index in [1.807, 2.05) is 35.2 Å². The number of ether oxygens (including phenoxy) is 1. The van der Waals surface area contributed by atoms with E-state index in [-0.39, 0.29) is 5.75 Å². The largest absolute Gasteiger partial charge is 0.427 e. The van der Waals surface area contributed by atoms with Gasteiger partial charge in [0.15, 0.2) is 11.6 Å². The van der Waals surface area contributed by atoms with Gasteiger partial charge in [-0.05, 0) is 0 Å². The molecule has 0 aliphatic carbocycles. The van der Waals surface area contributed by atoms with Crippen molar-refractivity contribution in [2.45, 2.75) is 0 Å². The molecule has 0 atom stereocenters. The molecule has 2 heterocycles. The molecule has 0 saturated carbocycles. The molecular formula is C17H18N6O2. The standard InChI is InChI=1S/C17H18N6O2/c18-6-7-22-8-10-23(11-9-22)21-17(24)25-15-12-19-16(20-13-15)14-4-2-1-3-5-14/h1-5,12-13H,7-11H2,(H,21,24). The summed E-state index contributed by atoms with van der Waals surface area (Å²) in [5.74, 6) is 0.849. The third-order valence-corrected chi connectivity index (χ3v) is 3.79. The zero-order chi connectivity index (χ0) is 17.5. The number of aromatic nitrogens is 2. The van der Waals surface area contributed by atoms with Crippen molar-refractivity contribution in [1.29, 1.82) is 5.26 Å². The number of nitrogens with zero attached hydrogens (tertiary/aromatic N) is 5. The lowest BCUT2D eigenvalue weighted by Gasteiger charge is -2.32. The van der Waals surface area contributed by atoms with Crippen molar-refractivity contribution in [3.8, 4) is 23.2 Å². The first-order valence-electron chi connectivity index (χ1n) is 7.95. The average molecular weight is 338 g/mol. The first kappa shape index (κ1) is 16.8. The summed E-state index contributed by atoms with van der Waals surface area (Å²) in [4.78, 5) is 22.4. The van der Waals surface area contributed by atoms with Crippen LogP contribution in [0.5, 0.6) is 5.75 Å². The van der Waals surface area contributed by atoms with Gasteiger partial charge in [-0.15, -0.1) is 0 Å². The van der Waals surface area contributed by atoms with Gasteiger partial charge in [-0.2, -0.15) is 5.26 Å². The molecule has 1 N–H and O–H groups in total. The summed E-state index contributed by atoms with van der Waals surface area (Å²) in [6.07, 6.45) is 2.37. The van der Waals surface area contributed by atoms with Crippen molar-refractivity contribution in [2.75, 3.05) is 32.7 Å². The third kappa shape index (κ3) is 4.73. The minimum Gasteiger partial charge on any atom is -0.406 e. The summed E-state index contributed by atoms with van der Waals surface area (Å²) in [6.45, 7) is 3.13. The van der Waals surface area contributed by atoms with Crippen molar-refractivity contribution in [1.82, 2.24) is 25.3 Å². The fourth-order valence-corrected chi connectivity index (χ4v) is 2.48. The Labute approximate surface area is 145 Å². The third-order valence-electron chi connectivity index (χ3n) is 3.79. The van der Waals surface area contributed by atoms with Crippen LogP contribution in [0, 0.1) is 11.3 Å². The number of rotatable bonds is 4. The fraction of sp³-hybridized carbons (Fsp3) is 0.294. The average Bonchev–Trinajstić information content (AvgIpc) is 2.65. The molecule has 1 amide bonds. The minimum atomic E-state index is -0.579. The maximum atomic E-state index is 11.9. The summed E-state index contributed by atoms with van der Waals surface area (Å²) >= 11 is 0. The van der Waals surface area contributed by atoms with E-state index in [1.54, 1.807) is 5.01 Å². The maximum absolute atomic E-state index is 11.9. The highest BCUT2D eigenvalue weighted by molar-refractivity contribution is 5.69. The number of carbonyl (C=O) groups excluding carboxylic acids is 1. The Balaban J connectivity index is 1.49. The normalized spacial score (nSPS) is 15.3. The fourth-order valence-electron chi connectivity index (χ4n) is 2.48. The van der Waals surface area contributed by atoms with Gasteiger partial charge in [0.25, 0.3) is 0 Å². The topological polar surface area (TPSA) is 94.4 Å². The van der Waals surface area contributed by atoms with E-state index in [1.165, 1.54) is 12.4 Å². The number of carbonyl (C=O) groups is 1. The van der Waals surface area contributed by atoms with Gasteiger partial charge in [0, 0.05) is 31.7 Å². The molecule has 25 heavy (non-hydrogen) atoms. The van der Waals surface area contributed by atoms with Gasteiger partial charge in [-0.1, -0.05) is 30.3 Å². The summed E-state index contributed by atoms with van der Waals surface area (Å²) in [6, 6.07) is 11.7. The lowest BCUT2D eigenvalue weighted by molar-refractivity contribution is 0.0922. The summed E-state index contributed by atoms with van der Waals surface area (Å²) in [5.41, 5.74) is 3.58. The molecular weight excluding hydrogens is 320 g/mol. The monoisotopic (exact) mass is 338 g/mol. The van der Waals surface area contributed by atoms with Gasteiger partial charge in [-0.3, -0.25) is 10.3 Å². The quantitative estimate of drug-likeness (QED) is 0.839. The zero-order valence-corrected chi connectivity index (χ0v) is 13.6. The van der Waals surface area contributed by atoms with E-state index in [9.17, 15) is 4.79 Å². The predicted molar refractivity (Wildman–Crippen MR) is 90.3 cm³/mol. The predicted octanol–water partition coefficient (Wildman–Crippen LogP) is 1.29. The molecule has 8 nitrogen and oxygen atoms in total. The highest BCUT2D eigenvalue weighted by Gasteiger charge is 2.18. The molecule has 1 saturated heterocycles. The Bertz CT molecular complexity index is 736. The van der Waals surface area contributed by atoms with Gasteiger partial charge in [-0.25, -0.2) is 19.8 Å². The molecule has 0 bridgehead atoms. The summed E-state index contributed by atoms with van der Waals surface area (Å²) < 4.78 is 5.20. The van der Waals surface area contributed by atoms with Crippen molar-refractivity contribution < 1.29 is 9.53 Å². The Morgan fingerprint density at radius 2 is 1.84 bits per heavy atom. The van der Waals surface area contributed by atoms with Crippen LogP contribution in [-0.2, 0) is 0 Å². The number of nitriles is 1. The van der Waals surface area contributed by atoms with E-state index >= 15 is 0 Å². The zero-order valence-electron chi connectivity index (χ0n) is 13.6. The Kier molecular flexibility index (Phi) is 5.51. The lowest BCUT2D eigenvalue weighted by atomic mass is 10.2. The minimum absolute atomic E-state index is 0.278. The second-order valence-electron chi connectivity index (χ2n) is 5.53. The Hall–Kier alpha value is -3.02. The SMILES string of the molecule is N#CCN1CCN(NC(=O)Oc2cnc(-c3ccccc3)nc2)CC1. The van der Waals surface area contributed by atoms with Crippen molar-refractivity contribution >= 4 is 6.09 Å². The Morgan fingerprint density at radius 3 is 2.48 bits per heavy atom. The molecule has 1 aliphatic heterocycles. The van der Waals surface area contributed by atoms with Crippen LogP contribution in [0.1, 0.15) is 0 Å². The molecule has 1 fully saturated rings. The van der Waals surface area contributed by atoms with Crippen LogP contribution in [0.2, 0.25) is 0 Å². The van der Waals surface area contributed by atoms with Crippen LogP contribution in [0.4, 0.5) is 4.79 Å². The number of hydrogen-bond donors (Lipinski definition) is 1. The van der Waals surface area contributed by atoms with Crippen molar-refractivity contribution in [3.63, 3.8) is 0 Å². The van der Waals surface area contributed by atoms with Crippen molar-refractivity contribution in [3.05, 3.63) is 42.7 Å². The number of piperazine rings is 1. The van der Waals surface area contributed by atoms with Gasteiger partial charge in [0.2, 0.25) is 0 Å². The van der Waals surface area contributed by atoms with Crippen LogP contribution in [0.15, 0.2) is 42.7 Å². The number of hydrazine groups is 1. The first-order valence-corrected chi connectivity index (χ1v) is 7.95. The van der Waals surface area contributed by atoms with Gasteiger partial charge in [0.1, 0.15) is 0 Å². The van der Waals surface area contributed by atoms with Gasteiger partial charge >= 0.3 is 6.09 Å². The summed E-state index contributed by atoms with van der Waals surface area (Å²) in [7, 11) is 0. The molecule has 0 spiro atoms. The van der Waals surface area contributed by atoms with E-state index in [0.29, 0.717) is 25.5 Å². The highest BCUT2D eigenvalue weighted by atomic mass is 16.6. The molecule has 8 heteroatoms. The van der Waals surface area contributed by atoms with Crippen LogP contribution in [-0.4, -0.2) is 58.7 Å². The molecule has 1 aliphatic rings. The van der Waals surface area contributed by atoms with E-state index in [0.717, 1.165) is 18.7 Å². The van der Waals surface area contributed by atoms with Crippen molar-refractivity contribution in [2.24, 2.45) is 0 Å². The molecule has 1 aromatic carbocycles. The summed E-state index contributed by atoms with van der Waals surface area (Å²) in [5, 5.41) is 10.5. The number of nitrogens with one attached hydrogen (secondary N) is 1. The number of amides is 1. The lowest BCUT2D eigenvalue weighted by Crippen LogP contribution is -2.54. The van der Waals surface area contributed by atoms with Crippen LogP contribution < -0.4 is 10.2 Å². The number of hydrogen-bond acceptors (Lipinski definition) is 7. The molecule has 1 aromatic heterocycles. The smallest absolute Gasteiger partial charge is 0.406 e. The van der Waals surface area contributed by atoms with Crippen LogP contribution >= 0.6 is 0 Å². The van der Waals surface area contributed by atoms with E-state index in [4.69, 9.17) is 10.00 Å². The van der Waals surface area contributed by atoms with Crippen LogP contribution in [0.3, 0.4) is 0 Å². The van der Waals surface area contributed by atoms with Gasteiger partial charge in [0.05, 0.1) is 25.0 Å². The molecule has 0 unspecified atom stereocenters. The van der Waals surface area contributed by atoms with E-state index < -0.39 is 6.09 Å². The second-order valence-corrected chi connectivity index (χ2v) is 5.53. The first-order chi connectivity index (χ1) is 12.2. The van der Waals surface area contributed by atoms with Crippen LogP contribution in [0.25, 0.3) is 11.4 Å². The van der Waals surface area contributed by atoms with E-state index in [2.05, 4.69) is 21.5 Å².